The van der Waals surface area contributed by atoms with Gasteiger partial charge in [-0.2, -0.15) is 5.06 Å². The average molecular weight is 726 g/mol. The number of aromatic hydroxyl groups is 1. The molecule has 6 rings (SSSR count). The Balaban J connectivity index is 1.64. The van der Waals surface area contributed by atoms with Gasteiger partial charge in [0.2, 0.25) is 5.82 Å². The average Bonchev–Trinajstić information content (AvgIpc) is 3.30. The van der Waals surface area contributed by atoms with Gasteiger partial charge in [0.05, 0.1) is 23.4 Å². The zero-order chi connectivity index (χ0) is 32.4. The highest BCUT2D eigenvalue weighted by Crippen LogP contribution is 2.66. The first kappa shape index (κ1) is 30.7. The number of hydrogen-bond donors (Lipinski definition) is 2. The van der Waals surface area contributed by atoms with Crippen molar-refractivity contribution in [3.8, 4) is 11.5 Å². The molecule has 0 bridgehead atoms. The van der Waals surface area contributed by atoms with E-state index in [0.717, 1.165) is 0 Å². The van der Waals surface area contributed by atoms with Gasteiger partial charge in [0.15, 0.2) is 44.5 Å². The van der Waals surface area contributed by atoms with Gasteiger partial charge in [-0.05, 0) is 52.4 Å². The predicted octanol–water partition coefficient (Wildman–Crippen LogP) is 4.81. The van der Waals surface area contributed by atoms with Crippen LogP contribution >= 0.6 is 39.1 Å². The second-order valence-electron chi connectivity index (χ2n) is 10.7. The summed E-state index contributed by atoms with van der Waals surface area (Å²) in [6.07, 6.45) is 0.589. The largest absolute Gasteiger partial charge is 0.503 e. The van der Waals surface area contributed by atoms with Gasteiger partial charge in [-0.3, -0.25) is 24.4 Å². The van der Waals surface area contributed by atoms with E-state index in [4.69, 9.17) is 27.9 Å². The minimum absolute atomic E-state index is 0.00857. The number of benzene rings is 2. The summed E-state index contributed by atoms with van der Waals surface area (Å²) < 4.78 is 77.6. The van der Waals surface area contributed by atoms with Crippen LogP contribution in [-0.2, 0) is 19.2 Å². The van der Waals surface area contributed by atoms with Crippen LogP contribution in [0.4, 0.5) is 27.6 Å². The number of ether oxygens (including phenoxy) is 1. The summed E-state index contributed by atoms with van der Waals surface area (Å²) in [6, 6.07) is 2.47. The summed E-state index contributed by atoms with van der Waals surface area (Å²) in [7, 11) is 1.19. The van der Waals surface area contributed by atoms with Gasteiger partial charge >= 0.3 is 0 Å². The van der Waals surface area contributed by atoms with E-state index in [9.17, 15) is 42.7 Å². The molecule has 17 heteroatoms. The van der Waals surface area contributed by atoms with Crippen molar-refractivity contribution in [2.45, 2.75) is 28.5 Å². The smallest absolute Gasteiger partial charge is 0.258 e. The molecule has 232 valence electrons. The summed E-state index contributed by atoms with van der Waals surface area (Å²) in [4.78, 5) is 48.1. The molecule has 2 aromatic rings. The number of hydroxylamine groups is 2. The number of alkyl halides is 2. The molecule has 6 atom stereocenters. The Morgan fingerprint density at radius 3 is 2.11 bits per heavy atom. The van der Waals surface area contributed by atoms with Crippen LogP contribution in [0.15, 0.2) is 28.3 Å². The summed E-state index contributed by atoms with van der Waals surface area (Å²) >= 11 is 17.1. The Kier molecular flexibility index (Phi) is 6.89. The summed E-state index contributed by atoms with van der Waals surface area (Å²) in [6.45, 7) is 0. The molecule has 4 amide bonds. The third-order valence-electron chi connectivity index (χ3n) is 8.80. The van der Waals surface area contributed by atoms with E-state index in [1.807, 2.05) is 0 Å². The molecule has 1 saturated carbocycles. The van der Waals surface area contributed by atoms with Crippen LogP contribution in [0.1, 0.15) is 24.3 Å². The fourth-order valence-electron chi connectivity index (χ4n) is 6.84. The topological polar surface area (TPSA) is 124 Å². The quantitative estimate of drug-likeness (QED) is 0.0886. The Hall–Kier alpha value is -3.27. The maximum atomic E-state index is 15.0. The molecule has 2 N–H and O–H groups in total. The lowest BCUT2D eigenvalue weighted by molar-refractivity contribution is -0.173. The first-order valence-electron chi connectivity index (χ1n) is 12.7. The van der Waals surface area contributed by atoms with Crippen LogP contribution in [0.2, 0.25) is 0 Å². The van der Waals surface area contributed by atoms with Crippen LogP contribution in [0, 0.1) is 46.8 Å². The number of carbonyl (C=O) groups is 4. The lowest BCUT2D eigenvalue weighted by atomic mass is 9.56. The van der Waals surface area contributed by atoms with Crippen molar-refractivity contribution in [1.82, 2.24) is 5.06 Å². The number of nitrogens with zero attached hydrogens (tertiary/aromatic N) is 2. The highest BCUT2D eigenvalue weighted by molar-refractivity contribution is 9.10. The summed E-state index contributed by atoms with van der Waals surface area (Å²) in [5.41, 5.74) is -1.73. The lowest BCUT2D eigenvalue weighted by Crippen LogP contribution is -2.60. The molecule has 2 heterocycles. The molecule has 0 aromatic heterocycles. The van der Waals surface area contributed by atoms with Gasteiger partial charge in [-0.1, -0.05) is 11.6 Å². The summed E-state index contributed by atoms with van der Waals surface area (Å²) in [5.74, 6) is -23.5. The number of imide groups is 2. The first-order chi connectivity index (χ1) is 20.5. The second kappa shape index (κ2) is 9.86. The van der Waals surface area contributed by atoms with Gasteiger partial charge in [-0.25, -0.2) is 26.9 Å². The molecule has 3 fully saturated rings. The minimum Gasteiger partial charge on any atom is -0.503 e. The fourth-order valence-corrected chi connectivity index (χ4v) is 8.23. The van der Waals surface area contributed by atoms with Gasteiger partial charge in [0, 0.05) is 5.92 Å². The first-order valence-corrected chi connectivity index (χ1v) is 14.2. The van der Waals surface area contributed by atoms with Crippen molar-refractivity contribution in [2.24, 2.45) is 17.8 Å². The molecule has 2 aliphatic heterocycles. The molecule has 2 aliphatic carbocycles. The van der Waals surface area contributed by atoms with Gasteiger partial charge < -0.3 is 9.84 Å². The Bertz CT molecular complexity index is 1750. The van der Waals surface area contributed by atoms with Crippen molar-refractivity contribution in [3.63, 3.8) is 0 Å². The van der Waals surface area contributed by atoms with E-state index in [0.29, 0.717) is 0 Å². The van der Waals surface area contributed by atoms with Crippen LogP contribution in [0.3, 0.4) is 0 Å². The van der Waals surface area contributed by atoms with Crippen LogP contribution in [0.5, 0.6) is 11.5 Å². The normalized spacial score (nSPS) is 31.3. The second-order valence-corrected chi connectivity index (χ2v) is 12.8. The SMILES string of the molecule is COc1cc(C2C3=CCC4C(=O)N(O)C(=O)C4C3CC3(Cl)C(=O)N(c4c(F)c(F)c(F)c(F)c4F)C(=O)C23Cl)cc(Br)c1O. The van der Waals surface area contributed by atoms with E-state index < -0.39 is 104 Å². The maximum Gasteiger partial charge on any atom is 0.258 e. The number of phenols is 1. The van der Waals surface area contributed by atoms with Crippen molar-refractivity contribution in [1.29, 1.82) is 0 Å². The molecule has 44 heavy (non-hydrogen) atoms. The number of rotatable bonds is 3. The molecule has 0 spiro atoms. The van der Waals surface area contributed by atoms with E-state index in [-0.39, 0.29) is 37.7 Å². The molecule has 2 saturated heterocycles. The standard InChI is InChI=1S/C27H16BrCl2F5N2O7/c1-44-12-5-7(4-11(28)21(12)38)14-8-2-3-9-13(23(40)37(43)22(9)39)10(8)6-26(29)24(41)36(25(42)27(14,26)30)20-18(34)16(32)15(31)17(33)19(20)35/h2,4-5,9-10,13-14,38,43H,3,6H2,1H3. The van der Waals surface area contributed by atoms with Crippen molar-refractivity contribution >= 4 is 68.4 Å². The molecule has 4 aliphatic rings. The van der Waals surface area contributed by atoms with Gasteiger partial charge in [0.1, 0.15) is 5.69 Å². The third-order valence-corrected chi connectivity index (χ3v) is 10.8. The number of carbonyl (C=O) groups excluding carboxylic acids is 4. The molecular formula is C27H16BrCl2F5N2O7. The Labute approximate surface area is 261 Å². The third kappa shape index (κ3) is 3.60. The van der Waals surface area contributed by atoms with E-state index in [1.54, 1.807) is 0 Å². The summed E-state index contributed by atoms with van der Waals surface area (Å²) in [5, 5.41) is 20.5. The Morgan fingerprint density at radius 1 is 0.932 bits per heavy atom. The lowest BCUT2D eigenvalue weighted by Gasteiger charge is -2.50. The highest BCUT2D eigenvalue weighted by atomic mass is 79.9. The number of amides is 4. The zero-order valence-electron chi connectivity index (χ0n) is 21.8. The van der Waals surface area contributed by atoms with Crippen molar-refractivity contribution in [2.75, 3.05) is 12.0 Å². The molecular weight excluding hydrogens is 710 g/mol. The van der Waals surface area contributed by atoms with Crippen LogP contribution in [-0.4, -0.2) is 55.9 Å². The number of anilines is 1. The number of hydrogen-bond acceptors (Lipinski definition) is 7. The number of fused-ring (bicyclic) bond motifs is 4. The number of halogens is 8. The van der Waals surface area contributed by atoms with Crippen molar-refractivity contribution in [3.05, 3.63) is 62.9 Å². The zero-order valence-corrected chi connectivity index (χ0v) is 24.9. The van der Waals surface area contributed by atoms with Crippen molar-refractivity contribution < 1.29 is 56.2 Å². The van der Waals surface area contributed by atoms with Gasteiger partial charge in [0.25, 0.3) is 23.6 Å². The van der Waals surface area contributed by atoms with Crippen LogP contribution in [0.25, 0.3) is 0 Å². The van der Waals surface area contributed by atoms with Gasteiger partial charge in [-0.15, -0.1) is 23.2 Å². The minimum atomic E-state index is -2.74. The number of phenolic OH excluding ortho intramolecular Hbond substituents is 1. The number of methoxy groups -OCH3 is 1. The molecule has 9 nitrogen and oxygen atoms in total. The monoisotopic (exact) mass is 724 g/mol. The molecule has 6 unspecified atom stereocenters. The van der Waals surface area contributed by atoms with E-state index >= 15 is 8.78 Å². The maximum absolute atomic E-state index is 15.0. The molecule has 0 radical (unpaired) electrons. The number of allylic oxidation sites excluding steroid dienone is 2. The molecule has 2 aromatic carbocycles. The predicted molar refractivity (Wildman–Crippen MR) is 142 cm³/mol. The fraction of sp³-hybridized carbons (Fsp3) is 0.333. The van der Waals surface area contributed by atoms with E-state index in [1.165, 1.54) is 25.3 Å². The van der Waals surface area contributed by atoms with E-state index in [2.05, 4.69) is 15.9 Å². The van der Waals surface area contributed by atoms with Crippen LogP contribution < -0.4 is 9.64 Å². The highest BCUT2D eigenvalue weighted by Gasteiger charge is 2.77. The Morgan fingerprint density at radius 2 is 1.52 bits per heavy atom.